The lowest BCUT2D eigenvalue weighted by molar-refractivity contribution is -0.124. The maximum atomic E-state index is 12.0. The molecule has 0 spiro atoms. The van der Waals surface area contributed by atoms with Gasteiger partial charge in [-0.25, -0.2) is 5.43 Å². The van der Waals surface area contributed by atoms with Gasteiger partial charge in [0.05, 0.1) is 5.71 Å². The number of hydrogen-bond donors (Lipinski definition) is 3. The summed E-state index contributed by atoms with van der Waals surface area (Å²) in [7, 11) is 0. The van der Waals surface area contributed by atoms with E-state index in [-0.39, 0.29) is 30.4 Å². The van der Waals surface area contributed by atoms with Gasteiger partial charge in [0.2, 0.25) is 11.8 Å². The van der Waals surface area contributed by atoms with Gasteiger partial charge in [0.25, 0.3) is 0 Å². The summed E-state index contributed by atoms with van der Waals surface area (Å²) >= 11 is 0. The predicted octanol–water partition coefficient (Wildman–Crippen LogP) is 3.27. The van der Waals surface area contributed by atoms with Crippen molar-refractivity contribution in [3.63, 3.8) is 0 Å². The summed E-state index contributed by atoms with van der Waals surface area (Å²) in [5, 5.41) is 16.5. The Labute approximate surface area is 152 Å². The number of rotatable bonds is 6. The molecule has 6 nitrogen and oxygen atoms in total. The number of carbonyl (C=O) groups excluding carboxylic acids is 2. The Bertz CT molecular complexity index is 844. The zero-order valence-electron chi connectivity index (χ0n) is 15.2. The summed E-state index contributed by atoms with van der Waals surface area (Å²) in [5.41, 5.74) is 6.27. The van der Waals surface area contributed by atoms with Gasteiger partial charge in [-0.05, 0) is 44.5 Å². The van der Waals surface area contributed by atoms with Gasteiger partial charge in [-0.15, -0.1) is 0 Å². The van der Waals surface area contributed by atoms with E-state index in [4.69, 9.17) is 0 Å². The van der Waals surface area contributed by atoms with Crippen molar-refractivity contribution in [1.29, 1.82) is 0 Å². The molecule has 2 amide bonds. The first-order valence-corrected chi connectivity index (χ1v) is 8.35. The molecule has 0 aliphatic rings. The summed E-state index contributed by atoms with van der Waals surface area (Å²) in [4.78, 5) is 23.9. The molecule has 0 bridgehead atoms. The molecule has 0 aromatic heterocycles. The van der Waals surface area contributed by atoms with Crippen molar-refractivity contribution in [2.45, 2.75) is 33.6 Å². The SMILES string of the molecule is C/C(=N\NC(=O)CCC(=O)Nc1ccc(C)cc1C)c1ccccc1O. The van der Waals surface area contributed by atoms with Gasteiger partial charge in [0.1, 0.15) is 5.75 Å². The monoisotopic (exact) mass is 353 g/mol. The molecule has 6 heteroatoms. The van der Waals surface area contributed by atoms with Crippen LogP contribution in [0.1, 0.15) is 36.5 Å². The molecule has 2 rings (SSSR count). The highest BCUT2D eigenvalue weighted by Gasteiger charge is 2.09. The first-order chi connectivity index (χ1) is 12.4. The Morgan fingerprint density at radius 2 is 1.73 bits per heavy atom. The fourth-order valence-electron chi connectivity index (χ4n) is 2.44. The van der Waals surface area contributed by atoms with E-state index in [0.717, 1.165) is 16.8 Å². The number of carbonyl (C=O) groups is 2. The van der Waals surface area contributed by atoms with Crippen LogP contribution in [0.5, 0.6) is 5.75 Å². The lowest BCUT2D eigenvalue weighted by atomic mass is 10.1. The lowest BCUT2D eigenvalue weighted by Crippen LogP contribution is -2.22. The number of amides is 2. The van der Waals surface area contributed by atoms with Gasteiger partial charge < -0.3 is 10.4 Å². The standard InChI is InChI=1S/C20H23N3O3/c1-13-8-9-17(14(2)12-13)21-19(25)10-11-20(26)23-22-15(3)16-6-4-5-7-18(16)24/h4-9,12,24H,10-11H2,1-3H3,(H,21,25)(H,23,26)/b22-15+. The number of hydrogen-bond acceptors (Lipinski definition) is 4. The maximum Gasteiger partial charge on any atom is 0.240 e. The molecule has 0 saturated carbocycles. The molecule has 136 valence electrons. The van der Waals surface area contributed by atoms with Crippen LogP contribution >= 0.6 is 0 Å². The highest BCUT2D eigenvalue weighted by molar-refractivity contribution is 6.01. The Balaban J connectivity index is 1.83. The number of phenolic OH excluding ortho intramolecular Hbond substituents is 1. The third-order valence-corrected chi connectivity index (χ3v) is 3.88. The molecule has 0 aliphatic heterocycles. The minimum atomic E-state index is -0.365. The Kier molecular flexibility index (Phi) is 6.49. The van der Waals surface area contributed by atoms with E-state index in [1.807, 2.05) is 32.0 Å². The Morgan fingerprint density at radius 3 is 2.42 bits per heavy atom. The number of benzene rings is 2. The number of nitrogens with zero attached hydrogens (tertiary/aromatic N) is 1. The topological polar surface area (TPSA) is 90.8 Å². The number of anilines is 1. The molecule has 0 saturated heterocycles. The number of para-hydroxylation sites is 1. The summed E-state index contributed by atoms with van der Waals surface area (Å²) in [6.45, 7) is 5.59. The molecular weight excluding hydrogens is 330 g/mol. The highest BCUT2D eigenvalue weighted by atomic mass is 16.3. The van der Waals surface area contributed by atoms with E-state index in [0.29, 0.717) is 11.3 Å². The van der Waals surface area contributed by atoms with Gasteiger partial charge in [-0.1, -0.05) is 29.8 Å². The smallest absolute Gasteiger partial charge is 0.240 e. The third-order valence-electron chi connectivity index (χ3n) is 3.88. The molecule has 2 aromatic rings. The van der Waals surface area contributed by atoms with Gasteiger partial charge >= 0.3 is 0 Å². The van der Waals surface area contributed by atoms with Crippen molar-refractivity contribution in [1.82, 2.24) is 5.43 Å². The zero-order chi connectivity index (χ0) is 19.1. The second-order valence-corrected chi connectivity index (χ2v) is 6.12. The van der Waals surface area contributed by atoms with Crippen LogP contribution in [0.2, 0.25) is 0 Å². The van der Waals surface area contributed by atoms with Gasteiger partial charge in [-0.3, -0.25) is 9.59 Å². The second-order valence-electron chi connectivity index (χ2n) is 6.12. The number of phenols is 1. The molecule has 2 aromatic carbocycles. The van der Waals surface area contributed by atoms with Gasteiger partial charge in [0.15, 0.2) is 0 Å². The minimum absolute atomic E-state index is 0.0221. The number of nitrogens with one attached hydrogen (secondary N) is 2. The summed E-state index contributed by atoms with van der Waals surface area (Å²) in [6, 6.07) is 12.5. The number of aryl methyl sites for hydroxylation is 2. The average Bonchev–Trinajstić information content (AvgIpc) is 2.60. The maximum absolute atomic E-state index is 12.0. The zero-order valence-corrected chi connectivity index (χ0v) is 15.2. The Hall–Kier alpha value is -3.15. The molecule has 0 unspecified atom stereocenters. The van der Waals surface area contributed by atoms with Crippen LogP contribution in [0.4, 0.5) is 5.69 Å². The van der Waals surface area contributed by atoms with E-state index in [1.54, 1.807) is 31.2 Å². The summed E-state index contributed by atoms with van der Waals surface area (Å²) < 4.78 is 0. The van der Waals surface area contributed by atoms with Crippen LogP contribution in [0, 0.1) is 13.8 Å². The molecule has 0 radical (unpaired) electrons. The molecule has 0 heterocycles. The third kappa shape index (κ3) is 5.44. The molecule has 3 N–H and O–H groups in total. The fraction of sp³-hybridized carbons (Fsp3) is 0.250. The molecule has 0 aliphatic carbocycles. The van der Waals surface area contributed by atoms with Crippen LogP contribution in [0.3, 0.4) is 0 Å². The van der Waals surface area contributed by atoms with E-state index in [2.05, 4.69) is 15.8 Å². The van der Waals surface area contributed by atoms with Crippen molar-refractivity contribution < 1.29 is 14.7 Å². The normalized spacial score (nSPS) is 11.1. The van der Waals surface area contributed by atoms with Crippen LogP contribution in [-0.4, -0.2) is 22.6 Å². The number of aromatic hydroxyl groups is 1. The quantitative estimate of drug-likeness (QED) is 0.550. The van der Waals surface area contributed by atoms with Crippen molar-refractivity contribution in [3.05, 3.63) is 59.2 Å². The van der Waals surface area contributed by atoms with Crippen molar-refractivity contribution in [2.75, 3.05) is 5.32 Å². The molecular formula is C20H23N3O3. The van der Waals surface area contributed by atoms with E-state index < -0.39 is 0 Å². The summed E-state index contributed by atoms with van der Waals surface area (Å²) in [5.74, 6) is -0.500. The molecule has 0 atom stereocenters. The van der Waals surface area contributed by atoms with E-state index >= 15 is 0 Å². The number of hydrazone groups is 1. The molecule has 0 fully saturated rings. The highest BCUT2D eigenvalue weighted by Crippen LogP contribution is 2.17. The van der Waals surface area contributed by atoms with E-state index in [9.17, 15) is 14.7 Å². The average molecular weight is 353 g/mol. The van der Waals surface area contributed by atoms with Crippen LogP contribution < -0.4 is 10.7 Å². The van der Waals surface area contributed by atoms with Gasteiger partial charge in [-0.2, -0.15) is 5.10 Å². The fourth-order valence-corrected chi connectivity index (χ4v) is 2.44. The molecule has 26 heavy (non-hydrogen) atoms. The van der Waals surface area contributed by atoms with Crippen molar-refractivity contribution in [3.8, 4) is 5.75 Å². The van der Waals surface area contributed by atoms with Crippen molar-refractivity contribution in [2.24, 2.45) is 5.10 Å². The van der Waals surface area contributed by atoms with Gasteiger partial charge in [0, 0.05) is 24.1 Å². The largest absolute Gasteiger partial charge is 0.507 e. The minimum Gasteiger partial charge on any atom is -0.507 e. The van der Waals surface area contributed by atoms with Crippen LogP contribution in [-0.2, 0) is 9.59 Å². The van der Waals surface area contributed by atoms with Crippen LogP contribution in [0.25, 0.3) is 0 Å². The van der Waals surface area contributed by atoms with Crippen molar-refractivity contribution >= 4 is 23.2 Å². The first kappa shape index (κ1) is 19.2. The second kappa shape index (κ2) is 8.80. The van der Waals surface area contributed by atoms with E-state index in [1.165, 1.54) is 0 Å². The summed E-state index contributed by atoms with van der Waals surface area (Å²) in [6.07, 6.45) is 0.0819. The lowest BCUT2D eigenvalue weighted by Gasteiger charge is -2.09. The Morgan fingerprint density at radius 1 is 1.04 bits per heavy atom. The predicted molar refractivity (Wildman–Crippen MR) is 102 cm³/mol. The first-order valence-electron chi connectivity index (χ1n) is 8.35. The van der Waals surface area contributed by atoms with Crippen LogP contribution in [0.15, 0.2) is 47.6 Å².